The van der Waals surface area contributed by atoms with Gasteiger partial charge in [0.25, 0.3) is 0 Å². The Morgan fingerprint density at radius 3 is 2.38 bits per heavy atom. The summed E-state index contributed by atoms with van der Waals surface area (Å²) >= 11 is 9.42. The summed E-state index contributed by atoms with van der Waals surface area (Å²) in [5.74, 6) is -0.309. The molecule has 0 fully saturated rings. The zero-order valence-electron chi connectivity index (χ0n) is 13.8. The number of halogens is 3. The summed E-state index contributed by atoms with van der Waals surface area (Å²) in [6.07, 6.45) is 0.236. The summed E-state index contributed by atoms with van der Waals surface area (Å²) in [4.78, 5) is 12.7. The fourth-order valence-corrected chi connectivity index (χ4v) is 3.12. The second-order valence-electron chi connectivity index (χ2n) is 5.89. The third-order valence-electron chi connectivity index (χ3n) is 3.99. The lowest BCUT2D eigenvalue weighted by Gasteiger charge is -2.20. The van der Waals surface area contributed by atoms with Gasteiger partial charge in [0.1, 0.15) is 5.82 Å². The zero-order valence-corrected chi connectivity index (χ0v) is 16.1. The van der Waals surface area contributed by atoms with E-state index in [2.05, 4.69) is 21.2 Å². The van der Waals surface area contributed by atoms with E-state index < -0.39 is 0 Å². The first kappa shape index (κ1) is 18.6. The van der Waals surface area contributed by atoms with E-state index in [0.29, 0.717) is 10.6 Å². The summed E-state index contributed by atoms with van der Waals surface area (Å²) in [5, 5.41) is 3.93. The van der Waals surface area contributed by atoms with E-state index in [9.17, 15) is 9.18 Å². The molecule has 5 heteroatoms. The number of rotatable bonds is 6. The predicted octanol–water partition coefficient (Wildman–Crippen LogP) is 6.67. The van der Waals surface area contributed by atoms with Crippen molar-refractivity contribution in [2.24, 2.45) is 0 Å². The van der Waals surface area contributed by atoms with E-state index in [1.807, 2.05) is 24.3 Å². The summed E-state index contributed by atoms with van der Waals surface area (Å²) in [6, 6.07) is 20.4. The van der Waals surface area contributed by atoms with Gasteiger partial charge in [0, 0.05) is 27.2 Å². The summed E-state index contributed by atoms with van der Waals surface area (Å²) in [5.41, 5.74) is 2.26. The smallest absolute Gasteiger partial charge is 0.165 e. The van der Waals surface area contributed by atoms with Crippen LogP contribution in [0.1, 0.15) is 28.4 Å². The Bertz CT molecular complexity index is 897. The molecule has 0 aromatic heterocycles. The summed E-state index contributed by atoms with van der Waals surface area (Å²) < 4.78 is 14.2. The molecule has 0 saturated heterocycles. The average Bonchev–Trinajstić information content (AvgIpc) is 2.62. The Hall–Kier alpha value is -2.17. The number of hydrogen-bond acceptors (Lipinski definition) is 2. The molecule has 0 aliphatic heterocycles. The Labute approximate surface area is 165 Å². The van der Waals surface area contributed by atoms with Crippen LogP contribution in [0.3, 0.4) is 0 Å². The normalized spacial score (nSPS) is 11.8. The fourth-order valence-electron chi connectivity index (χ4n) is 2.67. The van der Waals surface area contributed by atoms with E-state index in [4.69, 9.17) is 11.6 Å². The average molecular weight is 433 g/mol. The highest BCUT2D eigenvalue weighted by atomic mass is 79.9. The van der Waals surface area contributed by atoms with Crippen molar-refractivity contribution in [2.45, 2.75) is 12.5 Å². The molecule has 0 aliphatic rings. The first-order valence-corrected chi connectivity index (χ1v) is 9.25. The second kappa shape index (κ2) is 8.47. The van der Waals surface area contributed by atoms with Gasteiger partial charge in [-0.1, -0.05) is 57.9 Å². The van der Waals surface area contributed by atoms with E-state index in [1.54, 1.807) is 36.4 Å². The summed E-state index contributed by atoms with van der Waals surface area (Å²) in [6.45, 7) is 0. The Morgan fingerprint density at radius 2 is 1.73 bits per heavy atom. The second-order valence-corrected chi connectivity index (χ2v) is 7.25. The number of carbonyl (C=O) groups excluding carboxylic acids is 1. The van der Waals surface area contributed by atoms with Crippen LogP contribution < -0.4 is 5.32 Å². The SMILES string of the molecule is O=C(CC(Nc1cccc(Cl)c1)c1ccc(F)cc1)c1ccc(Br)cc1. The van der Waals surface area contributed by atoms with Crippen LogP contribution in [-0.4, -0.2) is 5.78 Å². The number of carbonyl (C=O) groups is 1. The number of anilines is 1. The number of Topliss-reactive ketones (excluding diaryl/α,β-unsaturated/α-hetero) is 1. The molecule has 0 saturated carbocycles. The highest BCUT2D eigenvalue weighted by molar-refractivity contribution is 9.10. The van der Waals surface area contributed by atoms with Crippen LogP contribution in [0.5, 0.6) is 0 Å². The maximum absolute atomic E-state index is 13.3. The molecule has 0 bridgehead atoms. The number of benzene rings is 3. The van der Waals surface area contributed by atoms with Gasteiger partial charge in [0.2, 0.25) is 0 Å². The lowest BCUT2D eigenvalue weighted by molar-refractivity contribution is 0.0976. The van der Waals surface area contributed by atoms with Gasteiger partial charge in [-0.15, -0.1) is 0 Å². The van der Waals surface area contributed by atoms with E-state index in [-0.39, 0.29) is 24.1 Å². The lowest BCUT2D eigenvalue weighted by Crippen LogP contribution is -2.16. The van der Waals surface area contributed by atoms with Crippen LogP contribution in [0.2, 0.25) is 5.02 Å². The monoisotopic (exact) mass is 431 g/mol. The Morgan fingerprint density at radius 1 is 1.04 bits per heavy atom. The molecule has 3 rings (SSSR count). The molecule has 0 amide bonds. The highest BCUT2D eigenvalue weighted by Crippen LogP contribution is 2.26. The first-order valence-electron chi connectivity index (χ1n) is 8.07. The van der Waals surface area contributed by atoms with Gasteiger partial charge in [-0.25, -0.2) is 4.39 Å². The van der Waals surface area contributed by atoms with E-state index in [1.165, 1.54) is 12.1 Å². The number of ketones is 1. The van der Waals surface area contributed by atoms with Gasteiger partial charge in [-0.3, -0.25) is 4.79 Å². The molecule has 0 spiro atoms. The molecule has 1 N–H and O–H groups in total. The molecule has 1 atom stereocenters. The van der Waals surface area contributed by atoms with Crippen molar-refractivity contribution in [3.8, 4) is 0 Å². The molecule has 132 valence electrons. The van der Waals surface area contributed by atoms with Gasteiger partial charge < -0.3 is 5.32 Å². The van der Waals surface area contributed by atoms with Crippen molar-refractivity contribution in [1.82, 2.24) is 0 Å². The minimum atomic E-state index is -0.311. The Balaban J connectivity index is 1.85. The van der Waals surface area contributed by atoms with Crippen LogP contribution in [0.25, 0.3) is 0 Å². The quantitative estimate of drug-likeness (QED) is 0.441. The van der Waals surface area contributed by atoms with Gasteiger partial charge >= 0.3 is 0 Å². The van der Waals surface area contributed by atoms with Gasteiger partial charge in [-0.2, -0.15) is 0 Å². The Kier molecular flexibility index (Phi) is 6.07. The molecule has 2 nitrogen and oxygen atoms in total. The fraction of sp³-hybridized carbons (Fsp3) is 0.0952. The largest absolute Gasteiger partial charge is 0.378 e. The first-order chi connectivity index (χ1) is 12.5. The van der Waals surface area contributed by atoms with Crippen LogP contribution in [0.4, 0.5) is 10.1 Å². The highest BCUT2D eigenvalue weighted by Gasteiger charge is 2.18. The maximum atomic E-state index is 13.3. The minimum Gasteiger partial charge on any atom is -0.378 e. The third-order valence-corrected chi connectivity index (χ3v) is 4.76. The molecule has 3 aromatic carbocycles. The number of hydrogen-bond donors (Lipinski definition) is 1. The maximum Gasteiger partial charge on any atom is 0.165 e. The van der Waals surface area contributed by atoms with E-state index in [0.717, 1.165) is 15.7 Å². The number of nitrogens with one attached hydrogen (secondary N) is 1. The predicted molar refractivity (Wildman–Crippen MR) is 107 cm³/mol. The lowest BCUT2D eigenvalue weighted by atomic mass is 9.97. The van der Waals surface area contributed by atoms with Crippen molar-refractivity contribution >= 4 is 39.0 Å². The molecule has 26 heavy (non-hydrogen) atoms. The van der Waals surface area contributed by atoms with Crippen LogP contribution in [0, 0.1) is 5.82 Å². The summed E-state index contributed by atoms with van der Waals surface area (Å²) in [7, 11) is 0. The minimum absolute atomic E-state index is 0.00125. The third kappa shape index (κ3) is 4.93. The van der Waals surface area contributed by atoms with Crippen molar-refractivity contribution in [3.05, 3.63) is 99.2 Å². The topological polar surface area (TPSA) is 29.1 Å². The van der Waals surface area contributed by atoms with Gasteiger partial charge in [-0.05, 0) is 48.0 Å². The molecular formula is C21H16BrClFNO. The molecule has 0 heterocycles. The molecule has 0 aliphatic carbocycles. The molecule has 0 radical (unpaired) electrons. The molecule has 3 aromatic rings. The van der Waals surface area contributed by atoms with Crippen molar-refractivity contribution in [1.29, 1.82) is 0 Å². The zero-order chi connectivity index (χ0) is 18.5. The van der Waals surface area contributed by atoms with Crippen LogP contribution in [0.15, 0.2) is 77.3 Å². The van der Waals surface area contributed by atoms with Crippen molar-refractivity contribution in [3.63, 3.8) is 0 Å². The van der Waals surface area contributed by atoms with Gasteiger partial charge in [0.15, 0.2) is 5.78 Å². The standard InChI is InChI=1S/C21H16BrClFNO/c22-16-8-4-15(5-9-16)21(26)13-20(14-6-10-18(24)11-7-14)25-19-3-1-2-17(23)12-19/h1-12,20,25H,13H2. The van der Waals surface area contributed by atoms with Crippen LogP contribution in [-0.2, 0) is 0 Å². The van der Waals surface area contributed by atoms with Gasteiger partial charge in [0.05, 0.1) is 6.04 Å². The molecule has 1 unspecified atom stereocenters. The van der Waals surface area contributed by atoms with Crippen LogP contribution >= 0.6 is 27.5 Å². The van der Waals surface area contributed by atoms with Crippen molar-refractivity contribution in [2.75, 3.05) is 5.32 Å². The van der Waals surface area contributed by atoms with E-state index >= 15 is 0 Å². The van der Waals surface area contributed by atoms with Crippen molar-refractivity contribution < 1.29 is 9.18 Å². The molecular weight excluding hydrogens is 417 g/mol.